The van der Waals surface area contributed by atoms with Gasteiger partial charge in [-0.2, -0.15) is 5.10 Å². The van der Waals surface area contributed by atoms with Gasteiger partial charge in [0.15, 0.2) is 0 Å². The first-order chi connectivity index (χ1) is 26.4. The van der Waals surface area contributed by atoms with E-state index in [1.807, 2.05) is 37.8 Å². The number of ether oxygens (including phenoxy) is 1. The van der Waals surface area contributed by atoms with Gasteiger partial charge in [0, 0.05) is 78.4 Å². The van der Waals surface area contributed by atoms with Gasteiger partial charge >= 0.3 is 5.69 Å². The van der Waals surface area contributed by atoms with Crippen molar-refractivity contribution in [3.8, 4) is 17.2 Å². The molecule has 3 aromatic heterocycles. The van der Waals surface area contributed by atoms with Gasteiger partial charge in [0.1, 0.15) is 24.5 Å². The summed E-state index contributed by atoms with van der Waals surface area (Å²) in [5, 5.41) is 6.64. The Labute approximate surface area is 319 Å². The van der Waals surface area contributed by atoms with E-state index in [2.05, 4.69) is 17.1 Å². The maximum Gasteiger partial charge on any atom is 0.338 e. The van der Waals surface area contributed by atoms with Gasteiger partial charge < -0.3 is 24.9 Å². The highest BCUT2D eigenvalue weighted by molar-refractivity contribution is 7.71. The quantitative estimate of drug-likeness (QED) is 0.123. The molecular weight excluding hydrogens is 716 g/mol. The van der Waals surface area contributed by atoms with Gasteiger partial charge in [-0.25, -0.2) is 13.9 Å². The molecule has 55 heavy (non-hydrogen) atoms. The molecule has 1 atom stereocenters. The second-order valence-corrected chi connectivity index (χ2v) is 18.4. The average Bonchev–Trinajstić information content (AvgIpc) is 3.91. The van der Waals surface area contributed by atoms with Crippen LogP contribution in [-0.4, -0.2) is 66.8 Å². The van der Waals surface area contributed by atoms with Gasteiger partial charge in [-0.1, -0.05) is 19.9 Å². The number of aryl methyl sites for hydroxylation is 2. The Balaban J connectivity index is 1.20. The standard InChI is InChI=1S/C42H47FN7O4P/c1-6-55(53,7-2)37-11-9-31(24-33(37)44)48-16-17-49(42(48)52)40-38-27(5)47(15-12-35(38)46-50(40)32-20-25(3)39(43)26(4)21-32)41(51)36-23-30-22-29(8-10-34(30)45-36)28-13-18-54-19-14-28/h8-11,16-17,20-24,27-28,45H,6-7,12-15,18-19,44H2,1-5H3/t27-/m0/s1. The number of hydrogen-bond acceptors (Lipinski definition) is 6. The van der Waals surface area contributed by atoms with Crippen LogP contribution in [0.3, 0.4) is 0 Å². The Morgan fingerprint density at radius 2 is 1.69 bits per heavy atom. The Morgan fingerprint density at radius 3 is 2.38 bits per heavy atom. The Kier molecular flexibility index (Phi) is 9.46. The van der Waals surface area contributed by atoms with Crippen LogP contribution in [0.1, 0.15) is 84.0 Å². The zero-order valence-electron chi connectivity index (χ0n) is 31.9. The number of nitrogens with zero attached hydrogens (tertiary/aromatic N) is 5. The van der Waals surface area contributed by atoms with Crippen LogP contribution in [0.25, 0.3) is 28.1 Å². The molecule has 8 rings (SSSR count). The molecule has 2 aliphatic rings. The number of rotatable bonds is 8. The number of halogens is 1. The first-order valence-electron chi connectivity index (χ1n) is 19.1. The number of carbonyl (C=O) groups is 1. The maximum absolute atomic E-state index is 14.9. The number of imidazole rings is 1. The van der Waals surface area contributed by atoms with E-state index in [-0.39, 0.29) is 17.4 Å². The van der Waals surface area contributed by atoms with Crippen LogP contribution in [0.4, 0.5) is 10.1 Å². The van der Waals surface area contributed by atoms with Crippen LogP contribution in [-0.2, 0) is 15.7 Å². The molecule has 0 saturated carbocycles. The van der Waals surface area contributed by atoms with Crippen molar-refractivity contribution in [3.05, 3.63) is 117 Å². The van der Waals surface area contributed by atoms with Crippen LogP contribution in [0.15, 0.2) is 71.8 Å². The van der Waals surface area contributed by atoms with Gasteiger partial charge in [-0.15, -0.1) is 0 Å². The lowest BCUT2D eigenvalue weighted by atomic mass is 9.91. The van der Waals surface area contributed by atoms with E-state index in [0.717, 1.165) is 48.2 Å². The minimum atomic E-state index is -2.65. The van der Waals surface area contributed by atoms with E-state index in [1.54, 1.807) is 61.3 Å². The predicted molar refractivity (Wildman–Crippen MR) is 215 cm³/mol. The minimum absolute atomic E-state index is 0.147. The number of carbonyl (C=O) groups excluding carboxylic acids is 1. The number of benzene rings is 3. The number of H-pyrrole nitrogens is 1. The van der Waals surface area contributed by atoms with Crippen molar-refractivity contribution < 1.29 is 18.5 Å². The van der Waals surface area contributed by atoms with Crippen LogP contribution >= 0.6 is 7.14 Å². The molecule has 2 aliphatic heterocycles. The number of aromatic amines is 1. The molecule has 1 fully saturated rings. The van der Waals surface area contributed by atoms with E-state index >= 15 is 0 Å². The van der Waals surface area contributed by atoms with Crippen molar-refractivity contribution in [2.75, 3.05) is 37.8 Å². The molecule has 3 N–H and O–H groups in total. The molecule has 0 unspecified atom stereocenters. The lowest BCUT2D eigenvalue weighted by Gasteiger charge is -2.33. The number of aromatic nitrogens is 5. The predicted octanol–water partition coefficient (Wildman–Crippen LogP) is 7.32. The number of amides is 1. The third-order valence-electron chi connectivity index (χ3n) is 11.7. The van der Waals surface area contributed by atoms with Crippen molar-refractivity contribution in [3.63, 3.8) is 0 Å². The highest BCUT2D eigenvalue weighted by Crippen LogP contribution is 2.45. The fourth-order valence-electron chi connectivity index (χ4n) is 8.46. The summed E-state index contributed by atoms with van der Waals surface area (Å²) in [6.45, 7) is 11.1. The largest absolute Gasteiger partial charge is 0.398 e. The molecular formula is C42H47FN7O4P. The molecule has 0 radical (unpaired) electrons. The number of hydrogen-bond donors (Lipinski definition) is 2. The molecule has 0 bridgehead atoms. The number of nitrogens with one attached hydrogen (secondary N) is 1. The van der Waals surface area contributed by atoms with Crippen LogP contribution < -0.4 is 16.7 Å². The molecule has 11 nitrogen and oxygen atoms in total. The first-order valence-corrected chi connectivity index (χ1v) is 21.2. The summed E-state index contributed by atoms with van der Waals surface area (Å²) in [7, 11) is -2.65. The second kappa shape index (κ2) is 14.1. The summed E-state index contributed by atoms with van der Waals surface area (Å²) in [5.74, 6) is 0.460. The topological polar surface area (TPSA) is 133 Å². The molecule has 0 spiro atoms. The molecule has 6 aromatic rings. The summed E-state index contributed by atoms with van der Waals surface area (Å²) in [5.41, 5.74) is 12.6. The Bertz CT molecular complexity index is 2540. The molecule has 3 aromatic carbocycles. The van der Waals surface area contributed by atoms with Gasteiger partial charge in [0.2, 0.25) is 0 Å². The summed E-state index contributed by atoms with van der Waals surface area (Å²) in [4.78, 5) is 34.0. The van der Waals surface area contributed by atoms with E-state index in [9.17, 15) is 18.5 Å². The fourth-order valence-corrected chi connectivity index (χ4v) is 10.5. The number of fused-ring (bicyclic) bond motifs is 2. The van der Waals surface area contributed by atoms with Crippen molar-refractivity contribution in [2.45, 2.75) is 65.8 Å². The van der Waals surface area contributed by atoms with Gasteiger partial charge in [-0.3, -0.25) is 13.9 Å². The van der Waals surface area contributed by atoms with Gasteiger partial charge in [0.05, 0.1) is 23.1 Å². The zero-order valence-corrected chi connectivity index (χ0v) is 32.8. The average molecular weight is 764 g/mol. The van der Waals surface area contributed by atoms with Crippen molar-refractivity contribution >= 4 is 34.9 Å². The van der Waals surface area contributed by atoms with Crippen molar-refractivity contribution in [1.82, 2.24) is 28.8 Å². The van der Waals surface area contributed by atoms with E-state index in [0.29, 0.717) is 76.2 Å². The maximum atomic E-state index is 14.9. The third kappa shape index (κ3) is 6.25. The molecule has 1 amide bonds. The molecule has 286 valence electrons. The Morgan fingerprint density at radius 1 is 0.982 bits per heavy atom. The highest BCUT2D eigenvalue weighted by atomic mass is 31.2. The van der Waals surface area contributed by atoms with Crippen LogP contribution in [0, 0.1) is 19.7 Å². The Hall–Kier alpha value is -5.19. The number of anilines is 1. The van der Waals surface area contributed by atoms with Gasteiger partial charge in [0.25, 0.3) is 5.91 Å². The van der Waals surface area contributed by atoms with Crippen LogP contribution in [0.2, 0.25) is 0 Å². The minimum Gasteiger partial charge on any atom is -0.398 e. The van der Waals surface area contributed by atoms with Crippen LogP contribution in [0.5, 0.6) is 0 Å². The lowest BCUT2D eigenvalue weighted by Crippen LogP contribution is -2.39. The molecule has 5 heterocycles. The van der Waals surface area contributed by atoms with E-state index in [1.165, 1.54) is 14.7 Å². The number of nitrogen functional groups attached to an aromatic ring is 1. The lowest BCUT2D eigenvalue weighted by molar-refractivity contribution is 0.0672. The summed E-state index contributed by atoms with van der Waals surface area (Å²) >= 11 is 0. The first kappa shape index (κ1) is 36.8. The highest BCUT2D eigenvalue weighted by Gasteiger charge is 2.36. The fraction of sp³-hybridized carbons (Fsp3) is 0.357. The summed E-state index contributed by atoms with van der Waals surface area (Å²) < 4.78 is 38.7. The third-order valence-corrected chi connectivity index (χ3v) is 15.0. The normalized spacial score (nSPS) is 16.5. The number of nitrogens with two attached hydrogens (primary N) is 1. The smallest absolute Gasteiger partial charge is 0.338 e. The van der Waals surface area contributed by atoms with E-state index in [4.69, 9.17) is 15.6 Å². The van der Waals surface area contributed by atoms with Crippen molar-refractivity contribution in [2.24, 2.45) is 0 Å². The monoisotopic (exact) mass is 763 g/mol. The molecule has 13 heteroatoms. The zero-order chi connectivity index (χ0) is 38.8. The molecule has 0 aliphatic carbocycles. The van der Waals surface area contributed by atoms with Gasteiger partial charge in [-0.05, 0) is 105 Å². The van der Waals surface area contributed by atoms with Crippen molar-refractivity contribution in [1.29, 1.82) is 0 Å². The second-order valence-electron chi connectivity index (χ2n) is 14.9. The summed E-state index contributed by atoms with van der Waals surface area (Å²) in [6, 6.07) is 16.5. The summed E-state index contributed by atoms with van der Waals surface area (Å²) in [6.07, 6.45) is 6.75. The SMILES string of the molecule is CCP(=O)(CC)c1ccc(-n2ccn(-c3c4c(nn3-c3cc(C)c(F)c(C)c3)CCN(C(=O)c3cc5cc(C6CCOCC6)ccc5[nH]3)[C@H]4C)c2=O)cc1N. The van der Waals surface area contributed by atoms with E-state index < -0.39 is 13.2 Å². The molecule has 1 saturated heterocycles.